The van der Waals surface area contributed by atoms with E-state index in [4.69, 9.17) is 0 Å². The first-order valence-electron chi connectivity index (χ1n) is 4.36. The van der Waals surface area contributed by atoms with Crippen LogP contribution in [0, 0.1) is 0 Å². The van der Waals surface area contributed by atoms with E-state index >= 15 is 0 Å². The third kappa shape index (κ3) is 4.30. The van der Waals surface area contributed by atoms with Crippen molar-refractivity contribution in [3.05, 3.63) is 64.6 Å². The summed E-state index contributed by atoms with van der Waals surface area (Å²) in [5.41, 5.74) is -1.78. The van der Waals surface area contributed by atoms with Gasteiger partial charge >= 0.3 is 11.4 Å². The number of nitrogens with zero attached hydrogens (tertiary/aromatic N) is 1. The molecule has 96 valence electrons. The molecule has 0 aliphatic carbocycles. The lowest BCUT2D eigenvalue weighted by molar-refractivity contribution is 1.00. The molecule has 0 saturated carbocycles. The van der Waals surface area contributed by atoms with Gasteiger partial charge in [0.25, 0.3) is 11.1 Å². The van der Waals surface area contributed by atoms with Gasteiger partial charge in [-0.2, -0.15) is 0 Å². The van der Waals surface area contributed by atoms with Crippen molar-refractivity contribution in [3.63, 3.8) is 0 Å². The topological polar surface area (TPSA) is 121 Å². The summed E-state index contributed by atoms with van der Waals surface area (Å²) in [6.07, 6.45) is 2.63. The first-order chi connectivity index (χ1) is 8.40. The standard InChI is InChI=1S/2C4H3BrN2O2/c5-2-1-6-4(9)7-3(2)8;5-7-2-1-3(8)6-4(7)9/h1H,(H2,6,7,8,9);1-2H,(H,6,8,9). The van der Waals surface area contributed by atoms with Crippen LogP contribution >= 0.6 is 32.1 Å². The Kier molecular flexibility index (Phi) is 5.04. The second-order valence-corrected chi connectivity index (χ2v) is 4.46. The van der Waals surface area contributed by atoms with E-state index in [1.165, 1.54) is 18.5 Å². The number of rotatable bonds is 0. The van der Waals surface area contributed by atoms with Crippen LogP contribution in [0.1, 0.15) is 0 Å². The highest BCUT2D eigenvalue weighted by Crippen LogP contribution is 1.93. The molecule has 0 saturated heterocycles. The fourth-order valence-electron chi connectivity index (χ4n) is 0.795. The SMILES string of the molecule is O=c1[nH]cc(Br)c(=O)[nH]1.O=c1ccn(Br)c(=O)[nH]1. The first kappa shape index (κ1) is 14.4. The van der Waals surface area contributed by atoms with Gasteiger partial charge in [-0.15, -0.1) is 0 Å². The summed E-state index contributed by atoms with van der Waals surface area (Å²) in [5, 5.41) is 0. The minimum absolute atomic E-state index is 0.321. The van der Waals surface area contributed by atoms with Crippen molar-refractivity contribution in [3.8, 4) is 0 Å². The molecule has 0 unspecified atom stereocenters. The van der Waals surface area contributed by atoms with Gasteiger partial charge in [0.05, 0.1) is 20.6 Å². The van der Waals surface area contributed by atoms with E-state index < -0.39 is 22.5 Å². The van der Waals surface area contributed by atoms with Crippen molar-refractivity contribution >= 4 is 32.1 Å². The third-order valence-corrected chi connectivity index (χ3v) is 2.70. The van der Waals surface area contributed by atoms with Crippen molar-refractivity contribution in [1.82, 2.24) is 18.5 Å². The monoisotopic (exact) mass is 380 g/mol. The van der Waals surface area contributed by atoms with E-state index in [-0.39, 0.29) is 0 Å². The molecule has 0 bridgehead atoms. The Balaban J connectivity index is 0.000000180. The van der Waals surface area contributed by atoms with E-state index in [9.17, 15) is 19.2 Å². The van der Waals surface area contributed by atoms with Gasteiger partial charge in [0.1, 0.15) is 0 Å². The molecule has 8 nitrogen and oxygen atoms in total. The van der Waals surface area contributed by atoms with Crippen LogP contribution in [-0.2, 0) is 0 Å². The van der Waals surface area contributed by atoms with Gasteiger partial charge in [0.2, 0.25) is 0 Å². The lowest BCUT2D eigenvalue weighted by Gasteiger charge is -1.86. The average molecular weight is 382 g/mol. The molecule has 0 fully saturated rings. The smallest absolute Gasteiger partial charge is 0.313 e. The van der Waals surface area contributed by atoms with E-state index in [0.29, 0.717) is 4.47 Å². The average Bonchev–Trinajstić information content (AvgIpc) is 2.30. The maximum absolute atomic E-state index is 10.5. The van der Waals surface area contributed by atoms with Crippen LogP contribution in [0.25, 0.3) is 0 Å². The number of hydrogen-bond acceptors (Lipinski definition) is 4. The highest BCUT2D eigenvalue weighted by atomic mass is 79.9. The van der Waals surface area contributed by atoms with E-state index in [2.05, 4.69) is 37.1 Å². The molecule has 10 heteroatoms. The lowest BCUT2D eigenvalue weighted by atomic mass is 10.7. The highest BCUT2D eigenvalue weighted by molar-refractivity contribution is 9.10. The molecule has 0 aliphatic rings. The molecule has 18 heavy (non-hydrogen) atoms. The number of nitrogens with one attached hydrogen (secondary N) is 3. The van der Waals surface area contributed by atoms with E-state index in [1.807, 2.05) is 9.97 Å². The molecule has 0 atom stereocenters. The molecular weight excluding hydrogens is 376 g/mol. The predicted octanol–water partition coefficient (Wildman–Crippen LogP) is -0.480. The van der Waals surface area contributed by atoms with Crippen molar-refractivity contribution < 1.29 is 0 Å². The molecule has 3 N–H and O–H groups in total. The second-order valence-electron chi connectivity index (χ2n) is 2.84. The van der Waals surface area contributed by atoms with Crippen LogP contribution in [0.5, 0.6) is 0 Å². The molecule has 2 heterocycles. The van der Waals surface area contributed by atoms with Gasteiger partial charge in [0, 0.05) is 18.5 Å². The van der Waals surface area contributed by atoms with E-state index in [1.54, 1.807) is 0 Å². The van der Waals surface area contributed by atoms with E-state index in [0.717, 1.165) is 3.59 Å². The van der Waals surface area contributed by atoms with Crippen molar-refractivity contribution in [2.24, 2.45) is 0 Å². The number of H-pyrrole nitrogens is 3. The molecule has 0 aromatic carbocycles. The predicted molar refractivity (Wildman–Crippen MR) is 71.0 cm³/mol. The number of halogens is 2. The molecule has 2 aromatic rings. The number of aromatic amines is 3. The second kappa shape index (κ2) is 6.31. The highest BCUT2D eigenvalue weighted by Gasteiger charge is 1.91. The van der Waals surface area contributed by atoms with Crippen molar-refractivity contribution in [2.45, 2.75) is 0 Å². The summed E-state index contributed by atoms with van der Waals surface area (Å²) in [6, 6.07) is 1.25. The van der Waals surface area contributed by atoms with Crippen LogP contribution in [0.4, 0.5) is 0 Å². The molecular formula is C8H6Br2N4O4. The Bertz CT molecular complexity index is 691. The van der Waals surface area contributed by atoms with Crippen LogP contribution in [0.15, 0.2) is 42.1 Å². The van der Waals surface area contributed by atoms with Crippen molar-refractivity contribution in [2.75, 3.05) is 0 Å². The molecule has 0 amide bonds. The summed E-state index contributed by atoms with van der Waals surface area (Å²) in [5.74, 6) is 0. The van der Waals surface area contributed by atoms with Gasteiger partial charge in [-0.3, -0.25) is 19.6 Å². The molecule has 0 radical (unpaired) electrons. The van der Waals surface area contributed by atoms with Crippen LogP contribution in [0.3, 0.4) is 0 Å². The van der Waals surface area contributed by atoms with Crippen LogP contribution in [0.2, 0.25) is 0 Å². The zero-order chi connectivity index (χ0) is 13.7. The zero-order valence-corrected chi connectivity index (χ0v) is 11.7. The maximum atomic E-state index is 10.5. The fourth-order valence-corrected chi connectivity index (χ4v) is 1.22. The zero-order valence-electron chi connectivity index (χ0n) is 8.57. The van der Waals surface area contributed by atoms with Gasteiger partial charge in [-0.25, -0.2) is 13.2 Å². The first-order valence-corrected chi connectivity index (χ1v) is 5.86. The normalized spacial score (nSPS) is 9.44. The van der Waals surface area contributed by atoms with Crippen LogP contribution in [-0.4, -0.2) is 18.5 Å². The summed E-state index contributed by atoms with van der Waals surface area (Å²) < 4.78 is 1.43. The maximum Gasteiger partial charge on any atom is 0.338 e. The molecule has 2 aromatic heterocycles. The van der Waals surface area contributed by atoms with Gasteiger partial charge in [0.15, 0.2) is 0 Å². The summed E-state index contributed by atoms with van der Waals surface area (Å²) in [7, 11) is 0. The third-order valence-electron chi connectivity index (χ3n) is 1.55. The minimum atomic E-state index is -0.497. The summed E-state index contributed by atoms with van der Waals surface area (Å²) >= 11 is 5.78. The Morgan fingerprint density at radius 2 is 1.78 bits per heavy atom. The Labute approximate surface area is 115 Å². The molecule has 0 aliphatic heterocycles. The minimum Gasteiger partial charge on any atom is -0.313 e. The Hall–Kier alpha value is -1.68. The van der Waals surface area contributed by atoms with Gasteiger partial charge in [-0.05, 0) is 15.9 Å². The molecule has 2 rings (SSSR count). The largest absolute Gasteiger partial charge is 0.338 e. The quantitative estimate of drug-likeness (QED) is 0.570. The lowest BCUT2D eigenvalue weighted by Crippen LogP contribution is -2.23. The Morgan fingerprint density at radius 1 is 1.11 bits per heavy atom. The molecule has 0 spiro atoms. The van der Waals surface area contributed by atoms with Gasteiger partial charge < -0.3 is 4.98 Å². The van der Waals surface area contributed by atoms with Gasteiger partial charge in [-0.1, -0.05) is 0 Å². The van der Waals surface area contributed by atoms with Crippen LogP contribution < -0.4 is 22.5 Å². The van der Waals surface area contributed by atoms with Crippen molar-refractivity contribution in [1.29, 1.82) is 0 Å². The Morgan fingerprint density at radius 3 is 2.22 bits per heavy atom. The summed E-state index contributed by atoms with van der Waals surface area (Å²) in [6.45, 7) is 0. The number of hydrogen-bond donors (Lipinski definition) is 3. The number of aromatic nitrogens is 4. The summed E-state index contributed by atoms with van der Waals surface area (Å²) in [4.78, 5) is 48.0. The fraction of sp³-hybridized carbons (Fsp3) is 0.